The lowest BCUT2D eigenvalue weighted by molar-refractivity contribution is -0.125. The van der Waals surface area contributed by atoms with E-state index in [1.807, 2.05) is 12.1 Å². The first-order valence-electron chi connectivity index (χ1n) is 6.20. The summed E-state index contributed by atoms with van der Waals surface area (Å²) in [5, 5.41) is 12.7. The van der Waals surface area contributed by atoms with Gasteiger partial charge in [0.2, 0.25) is 5.91 Å². The summed E-state index contributed by atoms with van der Waals surface area (Å²) in [4.78, 5) is 10.8. The summed E-state index contributed by atoms with van der Waals surface area (Å²) in [7, 11) is 0. The molecule has 2 atom stereocenters. The van der Waals surface area contributed by atoms with Crippen molar-refractivity contribution in [1.29, 1.82) is 0 Å². The zero-order valence-electron chi connectivity index (χ0n) is 10.8. The third kappa shape index (κ3) is 2.40. The SMILES string of the molecule is CC1(C)Cc2ccccc2C1NCC(O)C(N)=O. The number of carbonyl (C=O) groups is 1. The van der Waals surface area contributed by atoms with Crippen molar-refractivity contribution in [3.8, 4) is 0 Å². The number of aliphatic hydroxyl groups is 1. The Morgan fingerprint density at radius 1 is 1.56 bits per heavy atom. The number of hydrogen-bond acceptors (Lipinski definition) is 3. The van der Waals surface area contributed by atoms with Gasteiger partial charge >= 0.3 is 0 Å². The average Bonchev–Trinajstić information content (AvgIpc) is 2.55. The van der Waals surface area contributed by atoms with E-state index in [9.17, 15) is 9.90 Å². The molecule has 0 saturated carbocycles. The number of carbonyl (C=O) groups excluding carboxylic acids is 1. The van der Waals surface area contributed by atoms with Crippen LogP contribution in [0.4, 0.5) is 0 Å². The molecular weight excluding hydrogens is 228 g/mol. The molecule has 0 aliphatic heterocycles. The van der Waals surface area contributed by atoms with Gasteiger partial charge in [-0.3, -0.25) is 4.79 Å². The van der Waals surface area contributed by atoms with Crippen LogP contribution in [0.1, 0.15) is 31.0 Å². The molecule has 4 N–H and O–H groups in total. The molecule has 98 valence electrons. The maximum absolute atomic E-state index is 10.8. The molecule has 0 saturated heterocycles. The maximum atomic E-state index is 10.8. The third-order valence-corrected chi connectivity index (χ3v) is 3.64. The second-order valence-corrected chi connectivity index (χ2v) is 5.62. The summed E-state index contributed by atoms with van der Waals surface area (Å²) in [5.41, 5.74) is 7.70. The first-order valence-corrected chi connectivity index (χ1v) is 6.20. The zero-order chi connectivity index (χ0) is 13.3. The van der Waals surface area contributed by atoms with E-state index < -0.39 is 12.0 Å². The first-order chi connectivity index (χ1) is 8.42. The average molecular weight is 248 g/mol. The number of nitrogens with one attached hydrogen (secondary N) is 1. The van der Waals surface area contributed by atoms with Gasteiger partial charge in [-0.25, -0.2) is 0 Å². The van der Waals surface area contributed by atoms with Gasteiger partial charge in [0, 0.05) is 12.6 Å². The molecule has 0 radical (unpaired) electrons. The molecule has 0 fully saturated rings. The predicted octanol–water partition coefficient (Wildman–Crippen LogP) is 0.746. The number of amides is 1. The molecule has 1 aromatic rings. The molecule has 0 aromatic heterocycles. The Hall–Kier alpha value is -1.39. The number of fused-ring (bicyclic) bond motifs is 1. The number of benzene rings is 1. The van der Waals surface area contributed by atoms with Gasteiger partial charge in [0.05, 0.1) is 0 Å². The highest BCUT2D eigenvalue weighted by Crippen LogP contribution is 2.44. The van der Waals surface area contributed by atoms with E-state index >= 15 is 0 Å². The lowest BCUT2D eigenvalue weighted by Crippen LogP contribution is -2.41. The van der Waals surface area contributed by atoms with Crippen LogP contribution in [0.2, 0.25) is 0 Å². The quantitative estimate of drug-likeness (QED) is 0.736. The Morgan fingerprint density at radius 3 is 2.89 bits per heavy atom. The van der Waals surface area contributed by atoms with Gasteiger partial charge in [0.15, 0.2) is 0 Å². The molecule has 1 amide bonds. The molecule has 0 spiro atoms. The van der Waals surface area contributed by atoms with Crippen LogP contribution in [0.15, 0.2) is 24.3 Å². The van der Waals surface area contributed by atoms with Gasteiger partial charge in [0.25, 0.3) is 0 Å². The molecule has 18 heavy (non-hydrogen) atoms. The van der Waals surface area contributed by atoms with Crippen LogP contribution in [-0.4, -0.2) is 23.7 Å². The second kappa shape index (κ2) is 4.71. The van der Waals surface area contributed by atoms with Crippen LogP contribution in [0, 0.1) is 5.41 Å². The van der Waals surface area contributed by atoms with E-state index in [4.69, 9.17) is 5.73 Å². The number of rotatable bonds is 4. The van der Waals surface area contributed by atoms with Crippen LogP contribution in [0.5, 0.6) is 0 Å². The first kappa shape index (κ1) is 13.1. The molecule has 4 heteroatoms. The van der Waals surface area contributed by atoms with Gasteiger partial charge in [-0.15, -0.1) is 0 Å². The summed E-state index contributed by atoms with van der Waals surface area (Å²) < 4.78 is 0. The minimum atomic E-state index is -1.13. The molecule has 1 aliphatic rings. The van der Waals surface area contributed by atoms with Crippen molar-refractivity contribution in [2.24, 2.45) is 11.1 Å². The fraction of sp³-hybridized carbons (Fsp3) is 0.500. The third-order valence-electron chi connectivity index (χ3n) is 3.64. The zero-order valence-corrected chi connectivity index (χ0v) is 10.8. The van der Waals surface area contributed by atoms with Crippen LogP contribution < -0.4 is 11.1 Å². The Balaban J connectivity index is 2.14. The van der Waals surface area contributed by atoms with E-state index in [0.717, 1.165) is 6.42 Å². The molecule has 4 nitrogen and oxygen atoms in total. The Kier molecular flexibility index (Phi) is 3.41. The van der Waals surface area contributed by atoms with Crippen molar-refractivity contribution in [3.63, 3.8) is 0 Å². The van der Waals surface area contributed by atoms with E-state index in [1.54, 1.807) is 0 Å². The van der Waals surface area contributed by atoms with Crippen molar-refractivity contribution in [2.75, 3.05) is 6.54 Å². The van der Waals surface area contributed by atoms with Gasteiger partial charge in [-0.05, 0) is 23.0 Å². The fourth-order valence-corrected chi connectivity index (χ4v) is 2.71. The highest BCUT2D eigenvalue weighted by atomic mass is 16.3. The topological polar surface area (TPSA) is 75.3 Å². The molecular formula is C14H20N2O2. The Labute approximate surface area is 107 Å². The van der Waals surface area contributed by atoms with E-state index in [-0.39, 0.29) is 18.0 Å². The maximum Gasteiger partial charge on any atom is 0.247 e. The summed E-state index contributed by atoms with van der Waals surface area (Å²) >= 11 is 0. The van der Waals surface area contributed by atoms with Crippen molar-refractivity contribution in [1.82, 2.24) is 5.32 Å². The summed E-state index contributed by atoms with van der Waals surface area (Å²) in [5.74, 6) is -0.688. The molecule has 0 heterocycles. The fourth-order valence-electron chi connectivity index (χ4n) is 2.71. The van der Waals surface area contributed by atoms with Crippen LogP contribution in [0.25, 0.3) is 0 Å². The minimum absolute atomic E-state index is 0.0705. The van der Waals surface area contributed by atoms with Gasteiger partial charge in [-0.2, -0.15) is 0 Å². The predicted molar refractivity (Wildman–Crippen MR) is 69.9 cm³/mol. The van der Waals surface area contributed by atoms with Crippen LogP contribution in [-0.2, 0) is 11.2 Å². The number of primary amides is 1. The van der Waals surface area contributed by atoms with E-state index in [1.165, 1.54) is 11.1 Å². The monoisotopic (exact) mass is 248 g/mol. The summed E-state index contributed by atoms with van der Waals surface area (Å²) in [6.45, 7) is 4.56. The lowest BCUT2D eigenvalue weighted by atomic mass is 9.85. The van der Waals surface area contributed by atoms with Crippen LogP contribution >= 0.6 is 0 Å². The van der Waals surface area contributed by atoms with E-state index in [0.29, 0.717) is 0 Å². The highest BCUT2D eigenvalue weighted by molar-refractivity contribution is 5.78. The Bertz CT molecular complexity index is 457. The standard InChI is InChI=1S/C14H20N2O2/c1-14(2)7-9-5-3-4-6-10(9)12(14)16-8-11(17)13(15)18/h3-6,11-12,16-17H,7-8H2,1-2H3,(H2,15,18). The van der Waals surface area contributed by atoms with Crippen molar-refractivity contribution in [3.05, 3.63) is 35.4 Å². The van der Waals surface area contributed by atoms with Gasteiger partial charge in [0.1, 0.15) is 6.10 Å². The number of hydrogen-bond donors (Lipinski definition) is 3. The molecule has 2 rings (SSSR count). The van der Waals surface area contributed by atoms with Crippen molar-refractivity contribution < 1.29 is 9.90 Å². The normalized spacial score (nSPS) is 22.5. The minimum Gasteiger partial charge on any atom is -0.382 e. The number of nitrogens with two attached hydrogens (primary N) is 1. The highest BCUT2D eigenvalue weighted by Gasteiger charge is 2.38. The molecule has 1 aromatic carbocycles. The lowest BCUT2D eigenvalue weighted by Gasteiger charge is -2.29. The molecule has 0 bridgehead atoms. The summed E-state index contributed by atoms with van der Waals surface area (Å²) in [6, 6.07) is 8.42. The second-order valence-electron chi connectivity index (χ2n) is 5.62. The summed E-state index contributed by atoms with van der Waals surface area (Å²) in [6.07, 6.45) is -0.137. The van der Waals surface area contributed by atoms with Gasteiger partial charge in [-0.1, -0.05) is 38.1 Å². The van der Waals surface area contributed by atoms with E-state index in [2.05, 4.69) is 31.3 Å². The van der Waals surface area contributed by atoms with Crippen molar-refractivity contribution >= 4 is 5.91 Å². The van der Waals surface area contributed by atoms with Crippen molar-refractivity contribution in [2.45, 2.75) is 32.4 Å². The number of aliphatic hydroxyl groups excluding tert-OH is 1. The largest absolute Gasteiger partial charge is 0.382 e. The van der Waals surface area contributed by atoms with Crippen LogP contribution in [0.3, 0.4) is 0 Å². The van der Waals surface area contributed by atoms with Gasteiger partial charge < -0.3 is 16.2 Å². The Morgan fingerprint density at radius 2 is 2.22 bits per heavy atom. The smallest absolute Gasteiger partial charge is 0.247 e. The molecule has 2 unspecified atom stereocenters. The molecule has 1 aliphatic carbocycles.